The Morgan fingerprint density at radius 2 is 2.00 bits per heavy atom. The van der Waals surface area contributed by atoms with Gasteiger partial charge >= 0.3 is 0 Å². The molecule has 0 amide bonds. The summed E-state index contributed by atoms with van der Waals surface area (Å²) >= 11 is 1.42. The molecule has 1 atom stereocenters. The van der Waals surface area contributed by atoms with Gasteiger partial charge in [0.15, 0.2) is 11.6 Å². The molecule has 0 saturated heterocycles. The number of halogens is 2. The summed E-state index contributed by atoms with van der Waals surface area (Å²) in [6, 6.07) is 1.91. The van der Waals surface area contributed by atoms with Crippen molar-refractivity contribution >= 4 is 22.7 Å². The molecule has 0 aliphatic rings. The van der Waals surface area contributed by atoms with Gasteiger partial charge in [-0.3, -0.25) is 0 Å². The summed E-state index contributed by atoms with van der Waals surface area (Å²) in [7, 11) is 0. The highest BCUT2D eigenvalue weighted by Gasteiger charge is 2.15. The molecule has 17 heavy (non-hydrogen) atoms. The van der Waals surface area contributed by atoms with Crippen molar-refractivity contribution in [3.8, 4) is 0 Å². The van der Waals surface area contributed by atoms with Crippen molar-refractivity contribution < 1.29 is 8.78 Å². The van der Waals surface area contributed by atoms with Crippen LogP contribution in [0.4, 0.5) is 20.2 Å². The molecule has 6 heteroatoms. The number of hydrogen-bond donors (Lipinski definition) is 2. The van der Waals surface area contributed by atoms with Gasteiger partial charge in [-0.25, -0.2) is 13.8 Å². The number of nitrogens with one attached hydrogen (secondary N) is 1. The van der Waals surface area contributed by atoms with Gasteiger partial charge in [0, 0.05) is 17.3 Å². The number of aromatic nitrogens is 1. The van der Waals surface area contributed by atoms with Gasteiger partial charge in [-0.15, -0.1) is 11.3 Å². The van der Waals surface area contributed by atoms with E-state index in [4.69, 9.17) is 5.73 Å². The van der Waals surface area contributed by atoms with E-state index in [2.05, 4.69) is 10.3 Å². The van der Waals surface area contributed by atoms with Crippen LogP contribution in [0.25, 0.3) is 0 Å². The summed E-state index contributed by atoms with van der Waals surface area (Å²) in [5, 5.41) is 5.32. The maximum absolute atomic E-state index is 13.5. The maximum atomic E-state index is 13.5. The largest absolute Gasteiger partial charge is 0.399 e. The van der Waals surface area contributed by atoms with Gasteiger partial charge in [-0.05, 0) is 19.1 Å². The fourth-order valence-electron chi connectivity index (χ4n) is 1.46. The number of anilines is 2. The molecule has 0 spiro atoms. The number of nitrogens with zero attached hydrogens (tertiary/aromatic N) is 1. The lowest BCUT2D eigenvalue weighted by Gasteiger charge is -2.14. The Hall–Kier alpha value is -1.69. The van der Waals surface area contributed by atoms with E-state index < -0.39 is 11.6 Å². The third kappa shape index (κ3) is 2.52. The molecule has 1 heterocycles. The third-order valence-corrected chi connectivity index (χ3v) is 3.21. The molecule has 1 aromatic carbocycles. The Kier molecular flexibility index (Phi) is 3.23. The summed E-state index contributed by atoms with van der Waals surface area (Å²) in [4.78, 5) is 4.08. The second-order valence-electron chi connectivity index (χ2n) is 3.60. The first-order chi connectivity index (χ1) is 8.08. The zero-order chi connectivity index (χ0) is 12.4. The number of nitrogens with two attached hydrogens (primary N) is 1. The van der Waals surface area contributed by atoms with E-state index in [0.29, 0.717) is 0 Å². The van der Waals surface area contributed by atoms with Gasteiger partial charge < -0.3 is 11.1 Å². The fraction of sp³-hybridized carbons (Fsp3) is 0.182. The van der Waals surface area contributed by atoms with Crippen LogP contribution in [0, 0.1) is 11.6 Å². The molecular formula is C11H11F2N3S. The topological polar surface area (TPSA) is 50.9 Å². The normalized spacial score (nSPS) is 12.4. The van der Waals surface area contributed by atoms with Gasteiger partial charge in [0.25, 0.3) is 0 Å². The second kappa shape index (κ2) is 4.67. The Morgan fingerprint density at radius 1 is 1.35 bits per heavy atom. The van der Waals surface area contributed by atoms with Gasteiger partial charge in [-0.2, -0.15) is 0 Å². The predicted octanol–water partition coefficient (Wildman–Crippen LogP) is 3.18. The average molecular weight is 255 g/mol. The predicted molar refractivity (Wildman–Crippen MR) is 64.9 cm³/mol. The molecule has 3 N–H and O–H groups in total. The molecule has 2 rings (SSSR count). The SMILES string of the molecule is CC(Nc1c(F)cc(N)cc1F)c1nccs1. The summed E-state index contributed by atoms with van der Waals surface area (Å²) in [6.45, 7) is 1.79. The van der Waals surface area contributed by atoms with Crippen LogP contribution in [0.2, 0.25) is 0 Å². The van der Waals surface area contributed by atoms with Gasteiger partial charge in [0.05, 0.1) is 6.04 Å². The van der Waals surface area contributed by atoms with Crippen LogP contribution in [0.5, 0.6) is 0 Å². The molecule has 90 valence electrons. The van der Waals surface area contributed by atoms with E-state index in [9.17, 15) is 8.78 Å². The highest BCUT2D eigenvalue weighted by atomic mass is 32.1. The first-order valence-corrected chi connectivity index (χ1v) is 5.86. The van der Waals surface area contributed by atoms with E-state index in [1.807, 2.05) is 5.38 Å². The minimum atomic E-state index is -0.703. The molecule has 0 aliphatic heterocycles. The molecule has 0 bridgehead atoms. The molecule has 2 aromatic rings. The summed E-state index contributed by atoms with van der Waals surface area (Å²) in [6.07, 6.45) is 1.65. The van der Waals surface area contributed by atoms with Crippen molar-refractivity contribution in [3.05, 3.63) is 40.4 Å². The Bertz CT molecular complexity index is 490. The summed E-state index contributed by atoms with van der Waals surface area (Å²) < 4.78 is 27.0. The average Bonchev–Trinajstić information content (AvgIpc) is 2.76. The van der Waals surface area contributed by atoms with E-state index in [-0.39, 0.29) is 17.4 Å². The van der Waals surface area contributed by atoms with E-state index >= 15 is 0 Å². The monoisotopic (exact) mass is 255 g/mol. The third-order valence-electron chi connectivity index (χ3n) is 2.25. The van der Waals surface area contributed by atoms with Crippen molar-refractivity contribution in [2.24, 2.45) is 0 Å². The standard InChI is InChI=1S/C11H11F2N3S/c1-6(11-15-2-3-17-11)16-10-8(12)4-7(14)5-9(10)13/h2-6,16H,14H2,1H3. The molecule has 1 aromatic heterocycles. The summed E-state index contributed by atoms with van der Waals surface area (Å²) in [5.74, 6) is -1.41. The van der Waals surface area contributed by atoms with Crippen molar-refractivity contribution in [2.45, 2.75) is 13.0 Å². The van der Waals surface area contributed by atoms with E-state index in [1.165, 1.54) is 11.3 Å². The fourth-order valence-corrected chi connectivity index (χ4v) is 2.10. The van der Waals surface area contributed by atoms with Crippen LogP contribution in [-0.2, 0) is 0 Å². The van der Waals surface area contributed by atoms with Gasteiger partial charge in [0.2, 0.25) is 0 Å². The Balaban J connectivity index is 2.25. The minimum Gasteiger partial charge on any atom is -0.399 e. The second-order valence-corrected chi connectivity index (χ2v) is 4.52. The smallest absolute Gasteiger partial charge is 0.151 e. The maximum Gasteiger partial charge on any atom is 0.151 e. The number of nitrogen functional groups attached to an aromatic ring is 1. The first-order valence-electron chi connectivity index (χ1n) is 4.98. The highest BCUT2D eigenvalue weighted by molar-refractivity contribution is 7.09. The Morgan fingerprint density at radius 3 is 2.53 bits per heavy atom. The number of hydrogen-bond acceptors (Lipinski definition) is 4. The molecule has 0 fully saturated rings. The lowest BCUT2D eigenvalue weighted by molar-refractivity contribution is 0.585. The summed E-state index contributed by atoms with van der Waals surface area (Å²) in [5.41, 5.74) is 5.22. The van der Waals surface area contributed by atoms with E-state index in [1.54, 1.807) is 13.1 Å². The van der Waals surface area contributed by atoms with E-state index in [0.717, 1.165) is 17.1 Å². The molecular weight excluding hydrogens is 244 g/mol. The zero-order valence-electron chi connectivity index (χ0n) is 9.08. The van der Waals surface area contributed by atoms with Gasteiger partial charge in [-0.1, -0.05) is 0 Å². The first kappa shape index (κ1) is 11.8. The van der Waals surface area contributed by atoms with Crippen molar-refractivity contribution in [1.82, 2.24) is 4.98 Å². The van der Waals surface area contributed by atoms with Crippen molar-refractivity contribution in [2.75, 3.05) is 11.1 Å². The van der Waals surface area contributed by atoms with Crippen LogP contribution >= 0.6 is 11.3 Å². The van der Waals surface area contributed by atoms with Crippen LogP contribution in [-0.4, -0.2) is 4.98 Å². The van der Waals surface area contributed by atoms with Crippen molar-refractivity contribution in [3.63, 3.8) is 0 Å². The number of thiazole rings is 1. The number of benzene rings is 1. The van der Waals surface area contributed by atoms with Crippen LogP contribution in [0.1, 0.15) is 18.0 Å². The Labute approximate surface area is 101 Å². The lowest BCUT2D eigenvalue weighted by Crippen LogP contribution is -2.09. The quantitative estimate of drug-likeness (QED) is 0.828. The molecule has 3 nitrogen and oxygen atoms in total. The number of rotatable bonds is 3. The molecule has 1 unspecified atom stereocenters. The zero-order valence-corrected chi connectivity index (χ0v) is 9.89. The van der Waals surface area contributed by atoms with Crippen LogP contribution in [0.15, 0.2) is 23.7 Å². The van der Waals surface area contributed by atoms with Crippen molar-refractivity contribution in [1.29, 1.82) is 0 Å². The van der Waals surface area contributed by atoms with Crippen LogP contribution in [0.3, 0.4) is 0 Å². The van der Waals surface area contributed by atoms with Crippen LogP contribution < -0.4 is 11.1 Å². The highest BCUT2D eigenvalue weighted by Crippen LogP contribution is 2.27. The molecule has 0 radical (unpaired) electrons. The molecule has 0 aliphatic carbocycles. The molecule has 0 saturated carbocycles. The van der Waals surface area contributed by atoms with Gasteiger partial charge in [0.1, 0.15) is 10.7 Å². The lowest BCUT2D eigenvalue weighted by atomic mass is 10.2. The minimum absolute atomic E-state index is 0.0625.